The number of halogens is 1. The first kappa shape index (κ1) is 13.7. The van der Waals surface area contributed by atoms with Gasteiger partial charge in [-0.3, -0.25) is 15.1 Å². The molecule has 0 fully saturated rings. The van der Waals surface area contributed by atoms with Crippen molar-refractivity contribution in [3.05, 3.63) is 64.0 Å². The maximum atomic E-state index is 13.2. The molecule has 5 nitrogen and oxygen atoms in total. The van der Waals surface area contributed by atoms with Gasteiger partial charge < -0.3 is 4.74 Å². The van der Waals surface area contributed by atoms with Gasteiger partial charge in [0.25, 0.3) is 0 Å². The van der Waals surface area contributed by atoms with Gasteiger partial charge in [0.05, 0.1) is 4.92 Å². The van der Waals surface area contributed by atoms with Crippen LogP contribution in [0.25, 0.3) is 0 Å². The van der Waals surface area contributed by atoms with E-state index in [2.05, 4.69) is 11.7 Å². The Morgan fingerprint density at radius 3 is 2.75 bits per heavy atom. The highest BCUT2D eigenvalue weighted by atomic mass is 19.1. The second-order valence-electron chi connectivity index (χ2n) is 3.96. The molecule has 0 unspecified atom stereocenters. The van der Waals surface area contributed by atoms with Gasteiger partial charge in [0.15, 0.2) is 0 Å². The number of aliphatic imine (C=N–C) groups is 1. The smallest absolute Gasteiger partial charge is 0.305 e. The van der Waals surface area contributed by atoms with E-state index in [1.165, 1.54) is 6.07 Å². The first-order chi connectivity index (χ1) is 9.61. The van der Waals surface area contributed by atoms with E-state index in [1.807, 2.05) is 0 Å². The molecule has 0 aliphatic carbocycles. The Morgan fingerprint density at radius 2 is 2.05 bits per heavy atom. The summed E-state index contributed by atoms with van der Waals surface area (Å²) in [4.78, 5) is 13.7. The molecular weight excluding hydrogens is 263 g/mol. The van der Waals surface area contributed by atoms with Crippen LogP contribution in [-0.2, 0) is 6.61 Å². The Labute approximate surface area is 114 Å². The van der Waals surface area contributed by atoms with Gasteiger partial charge in [0.1, 0.15) is 18.0 Å². The largest absolute Gasteiger partial charge is 0.487 e. The summed E-state index contributed by atoms with van der Waals surface area (Å²) in [6.45, 7) is 3.50. The fourth-order valence-electron chi connectivity index (χ4n) is 1.66. The summed E-state index contributed by atoms with van der Waals surface area (Å²) >= 11 is 0. The molecule has 0 atom stereocenters. The Hall–Kier alpha value is -2.76. The summed E-state index contributed by atoms with van der Waals surface area (Å²) in [5, 5.41) is 10.7. The first-order valence-electron chi connectivity index (χ1n) is 5.73. The Bertz CT molecular complexity index is 659. The van der Waals surface area contributed by atoms with Crippen molar-refractivity contribution in [1.29, 1.82) is 0 Å². The van der Waals surface area contributed by atoms with Gasteiger partial charge in [0, 0.05) is 6.07 Å². The minimum atomic E-state index is -0.869. The molecule has 20 heavy (non-hydrogen) atoms. The summed E-state index contributed by atoms with van der Waals surface area (Å²) in [7, 11) is 0. The molecule has 2 rings (SSSR count). The standard InChI is InChI=1S/C14H11FN2O3/c1-16-12-4-2-3-5-14(12)20-9-10-6-7-11(15)13(8-10)17(18)19/h2-8H,1,9H2. The van der Waals surface area contributed by atoms with E-state index in [1.54, 1.807) is 24.3 Å². The minimum Gasteiger partial charge on any atom is -0.487 e. The van der Waals surface area contributed by atoms with E-state index in [0.29, 0.717) is 17.0 Å². The van der Waals surface area contributed by atoms with Crippen molar-refractivity contribution >= 4 is 18.1 Å². The van der Waals surface area contributed by atoms with E-state index in [0.717, 1.165) is 12.1 Å². The third-order valence-electron chi connectivity index (χ3n) is 2.64. The first-order valence-corrected chi connectivity index (χ1v) is 5.73. The summed E-state index contributed by atoms with van der Waals surface area (Å²) in [5.74, 6) is -0.360. The van der Waals surface area contributed by atoms with Crippen molar-refractivity contribution < 1.29 is 14.1 Å². The molecule has 0 N–H and O–H groups in total. The predicted octanol–water partition coefficient (Wildman–Crippen LogP) is 3.65. The second kappa shape index (κ2) is 5.92. The summed E-state index contributed by atoms with van der Waals surface area (Å²) in [6, 6.07) is 10.6. The van der Waals surface area contributed by atoms with Crippen LogP contribution in [0.2, 0.25) is 0 Å². The summed E-state index contributed by atoms with van der Waals surface area (Å²) in [5.41, 5.74) is 0.502. The van der Waals surface area contributed by atoms with Gasteiger partial charge in [-0.2, -0.15) is 4.39 Å². The monoisotopic (exact) mass is 274 g/mol. The zero-order valence-electron chi connectivity index (χ0n) is 10.5. The van der Waals surface area contributed by atoms with Crippen LogP contribution in [0.15, 0.2) is 47.5 Å². The molecule has 2 aromatic rings. The Morgan fingerprint density at radius 1 is 1.30 bits per heavy atom. The topological polar surface area (TPSA) is 64.7 Å². The van der Waals surface area contributed by atoms with Gasteiger partial charge in [0.2, 0.25) is 5.82 Å². The van der Waals surface area contributed by atoms with E-state index in [4.69, 9.17) is 4.74 Å². The lowest BCUT2D eigenvalue weighted by Gasteiger charge is -2.08. The molecule has 0 amide bonds. The number of hydrogen-bond donors (Lipinski definition) is 0. The number of nitro benzene ring substituents is 1. The molecule has 0 spiro atoms. The van der Waals surface area contributed by atoms with E-state index in [9.17, 15) is 14.5 Å². The fraction of sp³-hybridized carbons (Fsp3) is 0.0714. The third-order valence-corrected chi connectivity index (χ3v) is 2.64. The van der Waals surface area contributed by atoms with Crippen molar-refractivity contribution in [2.75, 3.05) is 0 Å². The maximum Gasteiger partial charge on any atom is 0.305 e. The molecular formula is C14H11FN2O3. The average molecular weight is 274 g/mol. The van der Waals surface area contributed by atoms with Crippen LogP contribution >= 0.6 is 0 Å². The van der Waals surface area contributed by atoms with Crippen LogP contribution in [0.5, 0.6) is 5.75 Å². The summed E-state index contributed by atoms with van der Waals surface area (Å²) < 4.78 is 18.7. The van der Waals surface area contributed by atoms with Crippen molar-refractivity contribution in [1.82, 2.24) is 0 Å². The molecule has 2 aromatic carbocycles. The van der Waals surface area contributed by atoms with Crippen LogP contribution in [0.1, 0.15) is 5.56 Å². The Kier molecular flexibility index (Phi) is 4.05. The molecule has 102 valence electrons. The minimum absolute atomic E-state index is 0.0770. The number of benzene rings is 2. The molecule has 0 saturated heterocycles. The zero-order valence-corrected chi connectivity index (χ0v) is 10.5. The number of ether oxygens (including phenoxy) is 1. The van der Waals surface area contributed by atoms with Crippen LogP contribution in [0.3, 0.4) is 0 Å². The van der Waals surface area contributed by atoms with E-state index < -0.39 is 16.4 Å². The Balaban J connectivity index is 2.17. The van der Waals surface area contributed by atoms with Gasteiger partial charge >= 0.3 is 5.69 Å². The molecule has 0 bridgehead atoms. The highest BCUT2D eigenvalue weighted by Gasteiger charge is 2.14. The number of hydrogen-bond acceptors (Lipinski definition) is 4. The van der Waals surface area contributed by atoms with E-state index in [-0.39, 0.29) is 6.61 Å². The lowest BCUT2D eigenvalue weighted by Crippen LogP contribution is -1.99. The zero-order chi connectivity index (χ0) is 14.5. The number of nitrogens with zero attached hydrogens (tertiary/aromatic N) is 2. The second-order valence-corrected chi connectivity index (χ2v) is 3.96. The number of rotatable bonds is 5. The lowest BCUT2D eigenvalue weighted by molar-refractivity contribution is -0.387. The van der Waals surface area contributed by atoms with Crippen LogP contribution < -0.4 is 4.74 Å². The molecule has 0 aliphatic heterocycles. The van der Waals surface area contributed by atoms with Crippen molar-refractivity contribution in [3.8, 4) is 5.75 Å². The quantitative estimate of drug-likeness (QED) is 0.475. The van der Waals surface area contributed by atoms with Crippen molar-refractivity contribution in [2.24, 2.45) is 4.99 Å². The van der Waals surface area contributed by atoms with Crippen molar-refractivity contribution in [2.45, 2.75) is 6.61 Å². The van der Waals surface area contributed by atoms with Crippen LogP contribution in [0, 0.1) is 15.9 Å². The van der Waals surface area contributed by atoms with Crippen molar-refractivity contribution in [3.63, 3.8) is 0 Å². The maximum absolute atomic E-state index is 13.2. The SMILES string of the molecule is C=Nc1ccccc1OCc1ccc(F)c([N+](=O)[O-])c1. The third kappa shape index (κ3) is 2.97. The number of nitro groups is 1. The number of para-hydroxylation sites is 2. The summed E-state index contributed by atoms with van der Waals surface area (Å²) in [6.07, 6.45) is 0. The van der Waals surface area contributed by atoms with E-state index >= 15 is 0 Å². The van der Waals surface area contributed by atoms with Crippen LogP contribution in [-0.4, -0.2) is 11.6 Å². The van der Waals surface area contributed by atoms with Gasteiger partial charge in [-0.25, -0.2) is 0 Å². The molecule has 0 radical (unpaired) electrons. The highest BCUT2D eigenvalue weighted by Crippen LogP contribution is 2.27. The molecule has 6 heteroatoms. The molecule has 0 aliphatic rings. The van der Waals surface area contributed by atoms with Crippen LogP contribution in [0.4, 0.5) is 15.8 Å². The predicted molar refractivity (Wildman–Crippen MR) is 73.0 cm³/mol. The highest BCUT2D eigenvalue weighted by molar-refractivity contribution is 5.55. The fourth-order valence-corrected chi connectivity index (χ4v) is 1.66. The molecule has 0 saturated carbocycles. The van der Waals surface area contributed by atoms with Gasteiger partial charge in [-0.1, -0.05) is 18.2 Å². The van der Waals surface area contributed by atoms with Gasteiger partial charge in [-0.15, -0.1) is 0 Å². The molecule has 0 aromatic heterocycles. The normalized spacial score (nSPS) is 10.1. The lowest BCUT2D eigenvalue weighted by atomic mass is 10.2. The van der Waals surface area contributed by atoms with Gasteiger partial charge in [-0.05, 0) is 30.5 Å². The average Bonchev–Trinajstić information content (AvgIpc) is 2.46. The molecule has 0 heterocycles.